The van der Waals surface area contributed by atoms with Crippen LogP contribution in [-0.4, -0.2) is 38.2 Å². The van der Waals surface area contributed by atoms with E-state index in [2.05, 4.69) is 31.0 Å². The number of nitrogens with one attached hydrogen (secondary N) is 3. The molecule has 10 heteroatoms. The highest BCUT2D eigenvalue weighted by molar-refractivity contribution is 7.99. The Morgan fingerprint density at radius 3 is 2.82 bits per heavy atom. The maximum Gasteiger partial charge on any atom is 0.240 e. The van der Waals surface area contributed by atoms with Crippen LogP contribution in [0.25, 0.3) is 0 Å². The first-order valence-electron chi connectivity index (χ1n) is 8.23. The molecule has 0 aliphatic heterocycles. The Kier molecular flexibility index (Phi) is 6.58. The van der Waals surface area contributed by atoms with Gasteiger partial charge in [0.25, 0.3) is 0 Å². The molecule has 3 rings (SSSR count). The van der Waals surface area contributed by atoms with Crippen LogP contribution in [0.15, 0.2) is 58.8 Å². The molecule has 3 aromatic rings. The summed E-state index contributed by atoms with van der Waals surface area (Å²) >= 11 is 1.16. The summed E-state index contributed by atoms with van der Waals surface area (Å²) in [5.74, 6) is 0.0600. The van der Waals surface area contributed by atoms with E-state index in [1.54, 1.807) is 36.4 Å². The second-order valence-corrected chi connectivity index (χ2v) is 6.53. The largest absolute Gasteiger partial charge is 0.507 e. The van der Waals surface area contributed by atoms with E-state index in [-0.39, 0.29) is 23.2 Å². The van der Waals surface area contributed by atoms with Crippen molar-refractivity contribution >= 4 is 29.8 Å². The molecule has 1 heterocycles. The number of aromatic hydroxyl groups is 1. The summed E-state index contributed by atoms with van der Waals surface area (Å²) in [6, 6.07) is 12.7. The molecule has 0 aliphatic rings. The van der Waals surface area contributed by atoms with E-state index >= 15 is 0 Å². The highest BCUT2D eigenvalue weighted by Crippen LogP contribution is 2.15. The van der Waals surface area contributed by atoms with Gasteiger partial charge in [-0.15, -0.1) is 5.10 Å². The molecule has 4 N–H and O–H groups in total. The number of nitrogens with zero attached hydrogens (tertiary/aromatic N) is 3. The standard InChI is InChI=1S/C18H17FN6O2S/c19-14-7-5-12(6-8-14)9-20-16(27)11-28-18-22-17(24-25-18)23-21-10-13-3-1-2-4-15(13)26/h1-8,10,26H,9,11H2,(H,20,27)(H2,22,23,24,25)/b21-10+. The molecule has 144 valence electrons. The molecule has 0 bridgehead atoms. The van der Waals surface area contributed by atoms with Gasteiger partial charge in [0.15, 0.2) is 0 Å². The SMILES string of the molecule is O=C(CSc1n[nH]c(N/N=C/c2ccccc2O)n1)NCc1ccc(F)cc1. The Morgan fingerprint density at radius 1 is 1.25 bits per heavy atom. The smallest absolute Gasteiger partial charge is 0.240 e. The van der Waals surface area contributed by atoms with Crippen molar-refractivity contribution in [3.63, 3.8) is 0 Å². The number of aromatic amines is 1. The van der Waals surface area contributed by atoms with Crippen LogP contribution in [0.1, 0.15) is 11.1 Å². The van der Waals surface area contributed by atoms with E-state index in [4.69, 9.17) is 0 Å². The van der Waals surface area contributed by atoms with Crippen molar-refractivity contribution in [3.05, 3.63) is 65.5 Å². The first kappa shape index (κ1) is 19.4. The van der Waals surface area contributed by atoms with Crippen molar-refractivity contribution in [2.45, 2.75) is 11.7 Å². The molecule has 0 aliphatic carbocycles. The average molecular weight is 400 g/mol. The summed E-state index contributed by atoms with van der Waals surface area (Å²) in [5.41, 5.74) is 4.03. The molecule has 0 unspecified atom stereocenters. The van der Waals surface area contributed by atoms with Crippen LogP contribution in [0.3, 0.4) is 0 Å². The predicted octanol–water partition coefficient (Wildman–Crippen LogP) is 2.50. The van der Waals surface area contributed by atoms with E-state index in [1.807, 2.05) is 0 Å². The first-order chi connectivity index (χ1) is 13.6. The quantitative estimate of drug-likeness (QED) is 0.262. The van der Waals surface area contributed by atoms with Gasteiger partial charge in [-0.3, -0.25) is 4.79 Å². The number of phenols is 1. The fourth-order valence-corrected chi connectivity index (χ4v) is 2.73. The number of H-pyrrole nitrogens is 1. The Balaban J connectivity index is 1.42. The summed E-state index contributed by atoms with van der Waals surface area (Å²) in [6.07, 6.45) is 1.45. The minimum Gasteiger partial charge on any atom is -0.507 e. The van der Waals surface area contributed by atoms with Crippen LogP contribution in [0.5, 0.6) is 5.75 Å². The number of hydrogen-bond donors (Lipinski definition) is 4. The molecule has 0 saturated carbocycles. The summed E-state index contributed by atoms with van der Waals surface area (Å²) in [4.78, 5) is 16.0. The van der Waals surface area contributed by atoms with E-state index in [1.165, 1.54) is 18.3 Å². The Hall–Kier alpha value is -3.40. The Morgan fingerprint density at radius 2 is 2.04 bits per heavy atom. The lowest BCUT2D eigenvalue weighted by atomic mass is 10.2. The number of carbonyl (C=O) groups is 1. The highest BCUT2D eigenvalue weighted by atomic mass is 32.2. The average Bonchev–Trinajstić information content (AvgIpc) is 3.15. The molecule has 0 radical (unpaired) electrons. The van der Waals surface area contributed by atoms with Crippen LogP contribution in [0.4, 0.5) is 10.3 Å². The molecule has 0 saturated heterocycles. The third kappa shape index (κ3) is 5.81. The second-order valence-electron chi connectivity index (χ2n) is 5.59. The number of rotatable bonds is 8. The van der Waals surface area contributed by atoms with Crippen molar-refractivity contribution in [1.82, 2.24) is 20.5 Å². The lowest BCUT2D eigenvalue weighted by Gasteiger charge is -2.04. The van der Waals surface area contributed by atoms with Crippen molar-refractivity contribution in [2.75, 3.05) is 11.2 Å². The number of benzene rings is 2. The van der Waals surface area contributed by atoms with Gasteiger partial charge in [0, 0.05) is 12.1 Å². The maximum atomic E-state index is 12.8. The van der Waals surface area contributed by atoms with Gasteiger partial charge < -0.3 is 10.4 Å². The summed E-state index contributed by atoms with van der Waals surface area (Å²) < 4.78 is 12.8. The van der Waals surface area contributed by atoms with Crippen molar-refractivity contribution in [1.29, 1.82) is 0 Å². The monoisotopic (exact) mass is 400 g/mol. The summed E-state index contributed by atoms with van der Waals surface area (Å²) in [5, 5.41) is 23.4. The summed E-state index contributed by atoms with van der Waals surface area (Å²) in [7, 11) is 0. The van der Waals surface area contributed by atoms with E-state index in [0.29, 0.717) is 23.2 Å². The van der Waals surface area contributed by atoms with Gasteiger partial charge in [-0.05, 0) is 29.8 Å². The van der Waals surface area contributed by atoms with Crippen LogP contribution in [0.2, 0.25) is 0 Å². The molecule has 8 nitrogen and oxygen atoms in total. The van der Waals surface area contributed by atoms with Crippen molar-refractivity contribution in [3.8, 4) is 5.75 Å². The number of hydrogen-bond acceptors (Lipinski definition) is 7. The minimum atomic E-state index is -0.315. The van der Waals surface area contributed by atoms with Crippen LogP contribution >= 0.6 is 11.8 Å². The number of aromatic nitrogens is 3. The van der Waals surface area contributed by atoms with Crippen LogP contribution < -0.4 is 10.7 Å². The number of phenolic OH excluding ortho intramolecular Hbond substituents is 1. The molecular formula is C18H17FN6O2S. The lowest BCUT2D eigenvalue weighted by Crippen LogP contribution is -2.24. The van der Waals surface area contributed by atoms with Gasteiger partial charge in [0.1, 0.15) is 11.6 Å². The normalized spacial score (nSPS) is 10.9. The van der Waals surface area contributed by atoms with Gasteiger partial charge >= 0.3 is 0 Å². The van der Waals surface area contributed by atoms with E-state index in [9.17, 15) is 14.3 Å². The molecular weight excluding hydrogens is 383 g/mol. The number of carbonyl (C=O) groups excluding carboxylic acids is 1. The van der Waals surface area contributed by atoms with Gasteiger partial charge in [-0.1, -0.05) is 36.0 Å². The number of hydrazone groups is 1. The van der Waals surface area contributed by atoms with E-state index in [0.717, 1.165) is 17.3 Å². The molecule has 0 fully saturated rings. The number of para-hydroxylation sites is 1. The number of anilines is 1. The summed E-state index contributed by atoms with van der Waals surface area (Å²) in [6.45, 7) is 0.321. The molecule has 2 aromatic carbocycles. The van der Waals surface area contributed by atoms with Gasteiger partial charge in [-0.2, -0.15) is 10.1 Å². The predicted molar refractivity (Wildman–Crippen MR) is 105 cm³/mol. The highest BCUT2D eigenvalue weighted by Gasteiger charge is 2.07. The first-order valence-corrected chi connectivity index (χ1v) is 9.22. The van der Waals surface area contributed by atoms with Crippen LogP contribution in [-0.2, 0) is 11.3 Å². The zero-order valence-electron chi connectivity index (χ0n) is 14.6. The lowest BCUT2D eigenvalue weighted by molar-refractivity contribution is -0.118. The zero-order chi connectivity index (χ0) is 19.8. The van der Waals surface area contributed by atoms with Gasteiger partial charge in [0.05, 0.1) is 12.0 Å². The maximum absolute atomic E-state index is 12.8. The molecule has 1 amide bonds. The molecule has 0 atom stereocenters. The fourth-order valence-electron chi connectivity index (χ4n) is 2.10. The number of halogens is 1. The molecule has 28 heavy (non-hydrogen) atoms. The van der Waals surface area contributed by atoms with Crippen molar-refractivity contribution < 1.29 is 14.3 Å². The number of amides is 1. The minimum absolute atomic E-state index is 0.119. The second kappa shape index (κ2) is 9.51. The van der Waals surface area contributed by atoms with Gasteiger partial charge in [0.2, 0.25) is 17.0 Å². The third-order valence-corrected chi connectivity index (χ3v) is 4.36. The Labute approximate surface area is 164 Å². The third-order valence-electron chi connectivity index (χ3n) is 3.51. The molecule has 1 aromatic heterocycles. The van der Waals surface area contributed by atoms with Crippen LogP contribution in [0, 0.1) is 5.82 Å². The zero-order valence-corrected chi connectivity index (χ0v) is 15.4. The van der Waals surface area contributed by atoms with E-state index < -0.39 is 0 Å². The number of thioether (sulfide) groups is 1. The molecule has 0 spiro atoms. The Bertz CT molecular complexity index is 961. The van der Waals surface area contributed by atoms with Gasteiger partial charge in [-0.25, -0.2) is 14.9 Å². The fraction of sp³-hybridized carbons (Fsp3) is 0.111. The topological polar surface area (TPSA) is 115 Å². The van der Waals surface area contributed by atoms with Crippen molar-refractivity contribution in [2.24, 2.45) is 5.10 Å².